The van der Waals surface area contributed by atoms with Crippen LogP contribution in [0.15, 0.2) is 30.5 Å². The third-order valence-corrected chi connectivity index (χ3v) is 4.85. The maximum Gasteiger partial charge on any atom is 0.407 e. The second-order valence-electron chi connectivity index (χ2n) is 7.21. The van der Waals surface area contributed by atoms with Crippen LogP contribution in [0.2, 0.25) is 0 Å². The number of rotatable bonds is 9. The fourth-order valence-electron chi connectivity index (χ4n) is 3.16. The Bertz CT molecular complexity index is 727. The van der Waals surface area contributed by atoms with E-state index in [2.05, 4.69) is 16.9 Å². The molecule has 0 spiro atoms. The number of pyridine rings is 1. The molecule has 5 N–H and O–H groups in total. The van der Waals surface area contributed by atoms with Crippen molar-refractivity contribution in [3.05, 3.63) is 41.9 Å². The van der Waals surface area contributed by atoms with Crippen LogP contribution in [0.4, 0.5) is 4.79 Å². The molecule has 8 nitrogen and oxygen atoms in total. The Hall–Kier alpha value is -2.74. The molecule has 1 amide bonds. The molecule has 1 aliphatic rings. The number of nitrogens with one attached hydrogen (secondary N) is 1. The quantitative estimate of drug-likeness (QED) is 0.251. The number of alkyl carbamates (subject to hydrolysis) is 1. The molecule has 0 aromatic carbocycles. The molecular formula is C21H33N5O3. The molecule has 0 radical (unpaired) electrons. The summed E-state index contributed by atoms with van der Waals surface area (Å²) in [6, 6.07) is 3.68. The monoisotopic (exact) mass is 403 g/mol. The third-order valence-electron chi connectivity index (χ3n) is 4.85. The first kappa shape index (κ1) is 22.5. The van der Waals surface area contributed by atoms with Crippen molar-refractivity contribution >= 4 is 11.8 Å². The van der Waals surface area contributed by atoms with Gasteiger partial charge in [0.05, 0.1) is 28.9 Å². The van der Waals surface area contributed by atoms with Crippen molar-refractivity contribution in [2.45, 2.75) is 51.6 Å². The van der Waals surface area contributed by atoms with Gasteiger partial charge in [0.2, 0.25) is 0 Å². The van der Waals surface area contributed by atoms with E-state index >= 15 is 0 Å². The molecule has 0 bridgehead atoms. The van der Waals surface area contributed by atoms with Crippen LogP contribution >= 0.6 is 0 Å². The minimum atomic E-state index is -0.542. The number of carbonyl (C=O) groups excluding carboxylic acids is 1. The van der Waals surface area contributed by atoms with Gasteiger partial charge in [-0.1, -0.05) is 12.5 Å². The summed E-state index contributed by atoms with van der Waals surface area (Å²) in [6.07, 6.45) is 7.94. The van der Waals surface area contributed by atoms with E-state index in [1.807, 2.05) is 13.0 Å². The van der Waals surface area contributed by atoms with E-state index < -0.39 is 6.09 Å². The van der Waals surface area contributed by atoms with Gasteiger partial charge >= 0.3 is 6.09 Å². The normalized spacial score (nSPS) is 15.3. The number of hydrazine groups is 1. The number of carbonyl (C=O) groups is 1. The molecule has 1 fully saturated rings. The molecule has 0 atom stereocenters. The lowest BCUT2D eigenvalue weighted by Crippen LogP contribution is -2.33. The molecule has 1 heterocycles. The van der Waals surface area contributed by atoms with Gasteiger partial charge in [-0.05, 0) is 51.2 Å². The molecule has 1 aromatic heterocycles. The van der Waals surface area contributed by atoms with Crippen molar-refractivity contribution in [2.75, 3.05) is 20.2 Å². The van der Waals surface area contributed by atoms with Crippen molar-refractivity contribution < 1.29 is 14.3 Å². The number of likely N-dealkylation sites (N-methyl/N-ethyl adjacent to an activating group) is 1. The molecular weight excluding hydrogens is 370 g/mol. The Morgan fingerprint density at radius 3 is 2.72 bits per heavy atom. The molecule has 0 saturated heterocycles. The SMILES string of the molecule is C=CCCNC(=O)OC/C(=C(/N)c1ccc(OC2CCCCC2)c(C)n1)N(C)N. The van der Waals surface area contributed by atoms with E-state index in [4.69, 9.17) is 21.1 Å². The number of nitrogens with zero attached hydrogens (tertiary/aromatic N) is 2. The second kappa shape index (κ2) is 11.3. The Labute approximate surface area is 172 Å². The molecule has 0 aliphatic heterocycles. The molecule has 1 saturated carbocycles. The number of nitrogens with two attached hydrogens (primary N) is 2. The van der Waals surface area contributed by atoms with E-state index in [1.54, 1.807) is 19.2 Å². The van der Waals surface area contributed by atoms with Crippen LogP contribution in [0, 0.1) is 6.92 Å². The van der Waals surface area contributed by atoms with E-state index in [1.165, 1.54) is 24.3 Å². The van der Waals surface area contributed by atoms with Crippen molar-refractivity contribution in [3.8, 4) is 5.75 Å². The van der Waals surface area contributed by atoms with E-state index in [-0.39, 0.29) is 12.7 Å². The molecule has 29 heavy (non-hydrogen) atoms. The average Bonchev–Trinajstić information content (AvgIpc) is 2.70. The lowest BCUT2D eigenvalue weighted by molar-refractivity contribution is 0.148. The van der Waals surface area contributed by atoms with Gasteiger partial charge in [-0.25, -0.2) is 15.6 Å². The highest BCUT2D eigenvalue weighted by Crippen LogP contribution is 2.26. The zero-order valence-corrected chi connectivity index (χ0v) is 17.4. The number of aromatic nitrogens is 1. The topological polar surface area (TPSA) is 116 Å². The molecule has 8 heteroatoms. The van der Waals surface area contributed by atoms with Gasteiger partial charge in [0, 0.05) is 13.6 Å². The highest BCUT2D eigenvalue weighted by molar-refractivity contribution is 5.68. The van der Waals surface area contributed by atoms with Gasteiger partial charge < -0.3 is 25.5 Å². The van der Waals surface area contributed by atoms with Gasteiger partial charge in [0.1, 0.15) is 12.4 Å². The van der Waals surface area contributed by atoms with Crippen molar-refractivity contribution in [2.24, 2.45) is 11.6 Å². The number of hydrogen-bond donors (Lipinski definition) is 3. The zero-order chi connectivity index (χ0) is 21.2. The van der Waals surface area contributed by atoms with Crippen LogP contribution in [0.3, 0.4) is 0 Å². The summed E-state index contributed by atoms with van der Waals surface area (Å²) >= 11 is 0. The van der Waals surface area contributed by atoms with Crippen LogP contribution in [0.1, 0.15) is 49.9 Å². The maximum atomic E-state index is 11.8. The van der Waals surface area contributed by atoms with Crippen molar-refractivity contribution in [3.63, 3.8) is 0 Å². The Kier molecular flexibility index (Phi) is 8.79. The van der Waals surface area contributed by atoms with Gasteiger partial charge in [-0.3, -0.25) is 0 Å². The minimum Gasteiger partial charge on any atom is -0.489 e. The highest BCUT2D eigenvalue weighted by Gasteiger charge is 2.18. The highest BCUT2D eigenvalue weighted by atomic mass is 16.5. The van der Waals surface area contributed by atoms with Crippen LogP contribution in [-0.2, 0) is 4.74 Å². The summed E-state index contributed by atoms with van der Waals surface area (Å²) in [5, 5.41) is 3.95. The van der Waals surface area contributed by atoms with Crippen molar-refractivity contribution in [1.82, 2.24) is 15.3 Å². The fraction of sp³-hybridized carbons (Fsp3) is 0.524. The molecule has 1 aliphatic carbocycles. The van der Waals surface area contributed by atoms with Crippen molar-refractivity contribution in [1.29, 1.82) is 0 Å². The van der Waals surface area contributed by atoms with E-state index in [0.717, 1.165) is 24.3 Å². The fourth-order valence-corrected chi connectivity index (χ4v) is 3.16. The number of amides is 1. The standard InChI is InChI=1S/C21H33N5O3/c1-4-5-13-24-21(27)28-14-18(26(3)23)20(22)17-11-12-19(15(2)25-17)29-16-9-7-6-8-10-16/h4,11-12,16H,1,5-10,13-14,22-23H2,2-3H3,(H,24,27)/b20-18-. The molecule has 1 aromatic rings. The summed E-state index contributed by atoms with van der Waals surface area (Å²) in [7, 11) is 1.63. The maximum absolute atomic E-state index is 11.8. The van der Waals surface area contributed by atoms with Crippen LogP contribution < -0.4 is 21.6 Å². The molecule has 0 unspecified atom stereocenters. The smallest absolute Gasteiger partial charge is 0.407 e. The largest absolute Gasteiger partial charge is 0.489 e. The summed E-state index contributed by atoms with van der Waals surface area (Å²) < 4.78 is 11.3. The summed E-state index contributed by atoms with van der Waals surface area (Å²) in [5.41, 5.74) is 8.40. The summed E-state index contributed by atoms with van der Waals surface area (Å²) in [5.74, 6) is 6.66. The van der Waals surface area contributed by atoms with Gasteiger partial charge in [-0.2, -0.15) is 0 Å². The van der Waals surface area contributed by atoms with E-state index in [9.17, 15) is 4.79 Å². The first-order valence-corrected chi connectivity index (χ1v) is 10.1. The number of ether oxygens (including phenoxy) is 2. The van der Waals surface area contributed by atoms with Crippen LogP contribution in [0.5, 0.6) is 5.75 Å². The Balaban J connectivity index is 2.07. The lowest BCUT2D eigenvalue weighted by Gasteiger charge is -2.24. The van der Waals surface area contributed by atoms with Gasteiger partial charge in [0.15, 0.2) is 0 Å². The summed E-state index contributed by atoms with van der Waals surface area (Å²) in [6.45, 7) is 5.88. The predicted octanol–water partition coefficient (Wildman–Crippen LogP) is 2.84. The third kappa shape index (κ3) is 6.98. The lowest BCUT2D eigenvalue weighted by atomic mass is 9.98. The minimum absolute atomic E-state index is 0.0696. The number of aryl methyl sites for hydroxylation is 1. The average molecular weight is 404 g/mol. The molecule has 2 rings (SSSR count). The molecule has 160 valence electrons. The first-order valence-electron chi connectivity index (χ1n) is 10.1. The van der Waals surface area contributed by atoms with Gasteiger partial charge in [0.25, 0.3) is 0 Å². The second-order valence-corrected chi connectivity index (χ2v) is 7.21. The van der Waals surface area contributed by atoms with Gasteiger partial charge in [-0.15, -0.1) is 6.58 Å². The summed E-state index contributed by atoms with van der Waals surface area (Å²) in [4.78, 5) is 16.3. The Morgan fingerprint density at radius 1 is 1.38 bits per heavy atom. The Morgan fingerprint density at radius 2 is 2.10 bits per heavy atom. The zero-order valence-electron chi connectivity index (χ0n) is 17.4. The first-order chi connectivity index (χ1) is 13.9. The number of hydrogen-bond acceptors (Lipinski definition) is 7. The van der Waals surface area contributed by atoms with Crippen LogP contribution in [-0.4, -0.2) is 42.4 Å². The van der Waals surface area contributed by atoms with E-state index in [0.29, 0.717) is 30.1 Å². The van der Waals surface area contributed by atoms with Crippen LogP contribution in [0.25, 0.3) is 5.70 Å². The predicted molar refractivity (Wildman–Crippen MR) is 114 cm³/mol.